The lowest BCUT2D eigenvalue weighted by Crippen LogP contribution is -1.58. The van der Waals surface area contributed by atoms with Crippen molar-refractivity contribution in [2.75, 3.05) is 0 Å². The van der Waals surface area contributed by atoms with Crippen LogP contribution in [0.5, 0.6) is 0 Å². The molecule has 0 fully saturated rings. The number of rotatable bonds is 4. The Morgan fingerprint density at radius 3 is 1.67 bits per heavy atom. The van der Waals surface area contributed by atoms with Crippen molar-refractivity contribution in [2.24, 2.45) is 0 Å². The van der Waals surface area contributed by atoms with E-state index < -0.39 is 0 Å². The van der Waals surface area contributed by atoms with Crippen LogP contribution in [0.25, 0.3) is 0 Å². The maximum Gasteiger partial charge on any atom is -0.0353 e. The van der Waals surface area contributed by atoms with Crippen LogP contribution in [0.15, 0.2) is 24.3 Å². The van der Waals surface area contributed by atoms with E-state index in [2.05, 4.69) is 45.1 Å². The molecule has 0 aliphatic rings. The Labute approximate surface area is 78.4 Å². The Balaban J connectivity index is 0. The fraction of sp³-hybridized carbons (Fsp3) is 0.667. The zero-order valence-electron chi connectivity index (χ0n) is 9.14. The van der Waals surface area contributed by atoms with Crippen LogP contribution in [0.1, 0.15) is 53.4 Å². The van der Waals surface area contributed by atoms with E-state index in [-0.39, 0.29) is 0 Å². The molecule has 0 heterocycles. The summed E-state index contributed by atoms with van der Waals surface area (Å²) in [5.74, 6) is 0. The third kappa shape index (κ3) is 22.7. The van der Waals surface area contributed by atoms with Crippen molar-refractivity contribution in [3.63, 3.8) is 0 Å². The van der Waals surface area contributed by atoms with Gasteiger partial charge in [0.25, 0.3) is 0 Å². The molecule has 0 bridgehead atoms. The van der Waals surface area contributed by atoms with Crippen LogP contribution in [0.2, 0.25) is 0 Å². The predicted molar refractivity (Wildman–Crippen MR) is 59.4 cm³/mol. The van der Waals surface area contributed by atoms with Crippen LogP contribution < -0.4 is 0 Å². The van der Waals surface area contributed by atoms with Crippen molar-refractivity contribution in [3.05, 3.63) is 24.3 Å². The fourth-order valence-corrected chi connectivity index (χ4v) is 0.687. The topological polar surface area (TPSA) is 0 Å². The molecule has 0 aliphatic carbocycles. The summed E-state index contributed by atoms with van der Waals surface area (Å²) in [5.41, 5.74) is 0. The van der Waals surface area contributed by atoms with Crippen molar-refractivity contribution in [1.82, 2.24) is 0 Å². The summed E-state index contributed by atoms with van der Waals surface area (Å²) >= 11 is 0. The van der Waals surface area contributed by atoms with E-state index in [1.54, 1.807) is 0 Å². The highest BCUT2D eigenvalue weighted by molar-refractivity contribution is 4.78. The second-order valence-electron chi connectivity index (χ2n) is 2.65. The van der Waals surface area contributed by atoms with Crippen molar-refractivity contribution in [3.8, 4) is 0 Å². The highest BCUT2D eigenvalue weighted by atomic mass is 13.7. The molecule has 0 radical (unpaired) electrons. The molecule has 0 atom stereocenters. The van der Waals surface area contributed by atoms with Gasteiger partial charge in [-0.05, 0) is 26.2 Å². The number of unbranched alkanes of at least 4 members (excludes halogenated alkanes) is 1. The molecule has 0 rings (SSSR count). The maximum atomic E-state index is 2.24. The zero-order valence-corrected chi connectivity index (χ0v) is 9.14. The maximum absolute atomic E-state index is 2.24. The van der Waals surface area contributed by atoms with Gasteiger partial charge in [-0.3, -0.25) is 0 Å². The van der Waals surface area contributed by atoms with Crippen LogP contribution in [0, 0.1) is 0 Å². The smallest absolute Gasteiger partial charge is 0.0353 e. The molecule has 0 nitrogen and oxygen atoms in total. The highest BCUT2D eigenvalue weighted by Crippen LogP contribution is 1.88. The Kier molecular flexibility index (Phi) is 19.7. The van der Waals surface area contributed by atoms with Crippen LogP contribution in [0.4, 0.5) is 0 Å². The molecule has 12 heavy (non-hydrogen) atoms. The van der Waals surface area contributed by atoms with E-state index in [0.717, 1.165) is 6.42 Å². The van der Waals surface area contributed by atoms with Crippen molar-refractivity contribution in [1.29, 1.82) is 0 Å². The Bertz CT molecular complexity index is 98.6. The van der Waals surface area contributed by atoms with Gasteiger partial charge in [0.1, 0.15) is 0 Å². The van der Waals surface area contributed by atoms with E-state index >= 15 is 0 Å². The summed E-state index contributed by atoms with van der Waals surface area (Å²) in [6.45, 7) is 8.51. The van der Waals surface area contributed by atoms with E-state index in [4.69, 9.17) is 0 Å². The third-order valence-electron chi connectivity index (χ3n) is 1.33. The average molecular weight is 168 g/mol. The van der Waals surface area contributed by atoms with Crippen LogP contribution in [0.3, 0.4) is 0 Å². The van der Waals surface area contributed by atoms with E-state index in [1.165, 1.54) is 19.3 Å². The monoisotopic (exact) mass is 168 g/mol. The Morgan fingerprint density at radius 1 is 0.833 bits per heavy atom. The molecule has 0 aromatic rings. The van der Waals surface area contributed by atoms with Crippen molar-refractivity contribution < 1.29 is 0 Å². The predicted octanol–water partition coefficient (Wildman–Crippen LogP) is 4.73. The minimum atomic E-state index is 1.16. The first-order valence-electron chi connectivity index (χ1n) is 5.09. The van der Waals surface area contributed by atoms with Crippen LogP contribution in [-0.4, -0.2) is 0 Å². The lowest BCUT2D eigenvalue weighted by atomic mass is 10.3. The molecule has 72 valence electrons. The fourth-order valence-electron chi connectivity index (χ4n) is 0.687. The van der Waals surface area contributed by atoms with Gasteiger partial charge in [-0.2, -0.15) is 0 Å². The summed E-state index contributed by atoms with van der Waals surface area (Å²) in [4.78, 5) is 0. The molecule has 0 N–H and O–H groups in total. The summed E-state index contributed by atoms with van der Waals surface area (Å²) in [6.07, 6.45) is 13.5. The zero-order chi connectivity index (χ0) is 9.66. The lowest BCUT2D eigenvalue weighted by Gasteiger charge is -1.79. The van der Waals surface area contributed by atoms with Gasteiger partial charge in [0, 0.05) is 0 Å². The Hall–Kier alpha value is -0.520. The van der Waals surface area contributed by atoms with E-state index in [1.807, 2.05) is 6.92 Å². The first-order chi connectivity index (χ1) is 5.83. The van der Waals surface area contributed by atoms with Crippen molar-refractivity contribution >= 4 is 0 Å². The summed E-state index contributed by atoms with van der Waals surface area (Å²) < 4.78 is 0. The van der Waals surface area contributed by atoms with Crippen LogP contribution in [-0.2, 0) is 0 Å². The second-order valence-corrected chi connectivity index (χ2v) is 2.65. The molecule has 0 heteroatoms. The number of allylic oxidation sites excluding steroid dienone is 4. The van der Waals surface area contributed by atoms with Gasteiger partial charge >= 0.3 is 0 Å². The molecule has 0 spiro atoms. The number of hydrogen-bond donors (Lipinski definition) is 0. The van der Waals surface area contributed by atoms with Gasteiger partial charge in [-0.25, -0.2) is 0 Å². The van der Waals surface area contributed by atoms with Gasteiger partial charge < -0.3 is 0 Å². The SMILES string of the molecule is C/C=C/CC.CC/C=C/CCC. The summed E-state index contributed by atoms with van der Waals surface area (Å²) in [7, 11) is 0. The summed E-state index contributed by atoms with van der Waals surface area (Å²) in [6, 6.07) is 0. The second kappa shape index (κ2) is 16.8. The van der Waals surface area contributed by atoms with E-state index in [9.17, 15) is 0 Å². The minimum absolute atomic E-state index is 1.16. The molecule has 0 unspecified atom stereocenters. The van der Waals surface area contributed by atoms with Gasteiger partial charge in [0.2, 0.25) is 0 Å². The third-order valence-corrected chi connectivity index (χ3v) is 1.33. The summed E-state index contributed by atoms with van der Waals surface area (Å²) in [5, 5.41) is 0. The first-order valence-corrected chi connectivity index (χ1v) is 5.09. The van der Waals surface area contributed by atoms with Gasteiger partial charge in [-0.15, -0.1) is 0 Å². The first kappa shape index (κ1) is 14.0. The van der Waals surface area contributed by atoms with Gasteiger partial charge in [0.15, 0.2) is 0 Å². The lowest BCUT2D eigenvalue weighted by molar-refractivity contribution is 0.952. The molecule has 0 amide bonds. The molecule has 0 aromatic heterocycles. The average Bonchev–Trinajstić information content (AvgIpc) is 2.08. The van der Waals surface area contributed by atoms with Crippen molar-refractivity contribution in [2.45, 2.75) is 53.4 Å². The standard InChI is InChI=1S/C7H14.C5H10/c1-3-5-7-6-4-2;1-3-5-4-2/h5,7H,3-4,6H2,1-2H3;3,5H,4H2,1-2H3/b7-5+;5-3+. The van der Waals surface area contributed by atoms with E-state index in [0.29, 0.717) is 0 Å². The van der Waals surface area contributed by atoms with Crippen LogP contribution >= 0.6 is 0 Å². The molecule has 0 saturated heterocycles. The molecular weight excluding hydrogens is 144 g/mol. The Morgan fingerprint density at radius 2 is 1.42 bits per heavy atom. The molecular formula is C12H24. The largest absolute Gasteiger partial charge is 0.0917 e. The van der Waals surface area contributed by atoms with Gasteiger partial charge in [-0.1, -0.05) is 51.5 Å². The highest BCUT2D eigenvalue weighted by Gasteiger charge is 1.68. The molecule has 0 aliphatic heterocycles. The minimum Gasteiger partial charge on any atom is -0.0917 e. The van der Waals surface area contributed by atoms with Gasteiger partial charge in [0.05, 0.1) is 0 Å². The number of hydrogen-bond acceptors (Lipinski definition) is 0. The molecule has 0 aromatic carbocycles. The molecule has 0 saturated carbocycles. The quantitative estimate of drug-likeness (QED) is 0.532. The normalized spacial score (nSPS) is 10.3.